The highest BCUT2D eigenvalue weighted by atomic mass is 16.3. The molecule has 0 saturated heterocycles. The van der Waals surface area contributed by atoms with Crippen molar-refractivity contribution in [2.24, 2.45) is 11.6 Å². The number of nitrogens with two attached hydrogens (primary N) is 2. The highest BCUT2D eigenvalue weighted by molar-refractivity contribution is 4.95. The van der Waals surface area contributed by atoms with Crippen LogP contribution in [-0.2, 0) is 0 Å². The van der Waals surface area contributed by atoms with Crippen LogP contribution >= 0.6 is 0 Å². The van der Waals surface area contributed by atoms with E-state index in [0.29, 0.717) is 12.1 Å². The van der Waals surface area contributed by atoms with Crippen LogP contribution in [0.3, 0.4) is 0 Å². The van der Waals surface area contributed by atoms with Gasteiger partial charge in [0.05, 0.1) is 6.10 Å². The summed E-state index contributed by atoms with van der Waals surface area (Å²) in [5, 5.41) is 10.2. The molecule has 0 amide bonds. The molecule has 0 aromatic heterocycles. The Kier molecular flexibility index (Phi) is 3.83. The monoisotopic (exact) mass is 145 g/mol. The summed E-state index contributed by atoms with van der Waals surface area (Å²) in [7, 11) is 1.68. The molecule has 60 valence electrons. The molecule has 4 heteroatoms. The molecular weight excluding hydrogens is 130 g/mol. The zero-order chi connectivity index (χ0) is 8.15. The first-order valence-corrected chi connectivity index (χ1v) is 3.14. The van der Waals surface area contributed by atoms with Crippen LogP contribution in [0.5, 0.6) is 0 Å². The molecule has 0 spiro atoms. The van der Waals surface area contributed by atoms with E-state index < -0.39 is 6.10 Å². The molecule has 0 aliphatic rings. The molecule has 5 N–H and O–H groups in total. The summed E-state index contributed by atoms with van der Waals surface area (Å²) in [5.41, 5.74) is 6.04. The van der Waals surface area contributed by atoms with Crippen molar-refractivity contribution >= 4 is 0 Å². The minimum atomic E-state index is -0.406. The van der Waals surface area contributed by atoms with E-state index in [9.17, 15) is 0 Å². The largest absolute Gasteiger partial charge is 0.401 e. The van der Waals surface area contributed by atoms with Gasteiger partial charge in [0, 0.05) is 25.4 Å². The second kappa shape index (κ2) is 4.14. The molecule has 0 aliphatic heterocycles. The first kappa shape index (κ1) is 9.26. The summed E-state index contributed by atoms with van der Waals surface area (Å²) < 4.78 is 0. The van der Waals surface area contributed by atoms with E-state index in [0.717, 1.165) is 0 Å². The number of rotatable bonds is 3. The van der Waals surface area contributed by atoms with Crippen LogP contribution in [0.1, 0.15) is 13.3 Å². The van der Waals surface area contributed by atoms with Crippen molar-refractivity contribution in [2.45, 2.75) is 19.4 Å². The number of aliphatic hydroxyl groups is 1. The maximum absolute atomic E-state index is 8.86. The Bertz CT molecular complexity index is 120. The van der Waals surface area contributed by atoms with Crippen LogP contribution in [-0.4, -0.2) is 23.3 Å². The van der Waals surface area contributed by atoms with Gasteiger partial charge in [-0.05, 0) is 6.92 Å². The Labute approximate surface area is 61.1 Å². The summed E-state index contributed by atoms with van der Waals surface area (Å²) in [4.78, 5) is 0. The third-order valence-corrected chi connectivity index (χ3v) is 0.901. The van der Waals surface area contributed by atoms with Crippen molar-refractivity contribution in [3.63, 3.8) is 0 Å². The predicted molar refractivity (Wildman–Crippen MR) is 40.5 cm³/mol. The van der Waals surface area contributed by atoms with Gasteiger partial charge in [-0.1, -0.05) is 0 Å². The number of nitrogens with zero attached hydrogens (tertiary/aromatic N) is 1. The smallest absolute Gasteiger partial charge is 0.0567 e. The fourth-order valence-electron chi connectivity index (χ4n) is 0.655. The summed E-state index contributed by atoms with van der Waals surface area (Å²) in [6, 6.07) is 0. The molecule has 0 heterocycles. The van der Waals surface area contributed by atoms with E-state index in [2.05, 4.69) is 0 Å². The fourth-order valence-corrected chi connectivity index (χ4v) is 0.655. The zero-order valence-electron chi connectivity index (χ0n) is 6.41. The van der Waals surface area contributed by atoms with E-state index >= 15 is 0 Å². The quantitative estimate of drug-likeness (QED) is 0.365. The molecular formula is C6H15N3O. The third kappa shape index (κ3) is 5.40. The standard InChI is InChI=1S/C6H15N3O/c1-5(10)3-6(7)4-9(2)8/h4-5,10H,3,7-8H2,1-2H3/b6-4-. The van der Waals surface area contributed by atoms with Crippen LogP contribution in [0.4, 0.5) is 0 Å². The van der Waals surface area contributed by atoms with Gasteiger partial charge in [-0.25, -0.2) is 5.84 Å². The average molecular weight is 145 g/mol. The van der Waals surface area contributed by atoms with Gasteiger partial charge in [0.1, 0.15) is 0 Å². The Morgan fingerprint density at radius 2 is 2.30 bits per heavy atom. The lowest BCUT2D eigenvalue weighted by Gasteiger charge is -2.08. The van der Waals surface area contributed by atoms with Gasteiger partial charge in [-0.2, -0.15) is 0 Å². The van der Waals surface area contributed by atoms with Gasteiger partial charge in [-0.3, -0.25) is 0 Å². The molecule has 0 aromatic rings. The lowest BCUT2D eigenvalue weighted by Crippen LogP contribution is -2.21. The first-order valence-electron chi connectivity index (χ1n) is 3.14. The van der Waals surface area contributed by atoms with Crippen LogP contribution in [0.25, 0.3) is 0 Å². The third-order valence-electron chi connectivity index (χ3n) is 0.901. The maximum atomic E-state index is 8.86. The number of aliphatic hydroxyl groups excluding tert-OH is 1. The summed E-state index contributed by atoms with van der Waals surface area (Å²) in [6.07, 6.45) is 1.63. The Hall–Kier alpha value is -0.740. The molecule has 0 aliphatic carbocycles. The number of hydrogen-bond donors (Lipinski definition) is 3. The Morgan fingerprint density at radius 1 is 1.80 bits per heavy atom. The normalized spacial score (nSPS) is 15.0. The summed E-state index contributed by atoms with van der Waals surface area (Å²) in [5.74, 6) is 5.26. The van der Waals surface area contributed by atoms with Crippen LogP contribution in [0.15, 0.2) is 11.9 Å². The van der Waals surface area contributed by atoms with Crippen molar-refractivity contribution in [3.05, 3.63) is 11.9 Å². The van der Waals surface area contributed by atoms with Gasteiger partial charge in [0.15, 0.2) is 0 Å². The molecule has 0 bridgehead atoms. The fraction of sp³-hybridized carbons (Fsp3) is 0.667. The molecule has 4 nitrogen and oxygen atoms in total. The first-order chi connectivity index (χ1) is 4.52. The number of hydrogen-bond acceptors (Lipinski definition) is 4. The molecule has 0 rings (SSSR count). The lowest BCUT2D eigenvalue weighted by atomic mass is 10.2. The zero-order valence-corrected chi connectivity index (χ0v) is 6.41. The molecule has 0 saturated carbocycles. The van der Waals surface area contributed by atoms with Crippen LogP contribution in [0, 0.1) is 0 Å². The van der Waals surface area contributed by atoms with E-state index in [1.807, 2.05) is 0 Å². The van der Waals surface area contributed by atoms with E-state index in [1.165, 1.54) is 5.01 Å². The predicted octanol–water partition coefficient (Wildman–Crippen LogP) is -0.637. The van der Waals surface area contributed by atoms with Crippen LogP contribution < -0.4 is 11.6 Å². The van der Waals surface area contributed by atoms with E-state index in [4.69, 9.17) is 16.7 Å². The summed E-state index contributed by atoms with van der Waals surface area (Å²) in [6.45, 7) is 1.68. The molecule has 0 radical (unpaired) electrons. The van der Waals surface area contributed by atoms with Crippen molar-refractivity contribution in [2.75, 3.05) is 7.05 Å². The van der Waals surface area contributed by atoms with Crippen molar-refractivity contribution in [1.29, 1.82) is 0 Å². The van der Waals surface area contributed by atoms with Crippen molar-refractivity contribution < 1.29 is 5.11 Å². The second-order valence-electron chi connectivity index (χ2n) is 2.42. The van der Waals surface area contributed by atoms with Crippen molar-refractivity contribution in [3.8, 4) is 0 Å². The minimum absolute atomic E-state index is 0.406. The number of hydrazine groups is 1. The molecule has 1 unspecified atom stereocenters. The van der Waals surface area contributed by atoms with E-state index in [-0.39, 0.29) is 0 Å². The Morgan fingerprint density at radius 3 is 2.60 bits per heavy atom. The molecule has 1 atom stereocenters. The van der Waals surface area contributed by atoms with Crippen LogP contribution in [0.2, 0.25) is 0 Å². The average Bonchev–Trinajstić information content (AvgIpc) is 1.58. The van der Waals surface area contributed by atoms with Gasteiger partial charge >= 0.3 is 0 Å². The SMILES string of the molecule is CC(O)C/C(N)=C/N(C)N. The van der Waals surface area contributed by atoms with Crippen molar-refractivity contribution in [1.82, 2.24) is 5.01 Å². The highest BCUT2D eigenvalue weighted by Gasteiger charge is 1.97. The molecule has 0 aromatic carbocycles. The van der Waals surface area contributed by atoms with Gasteiger partial charge in [0.25, 0.3) is 0 Å². The Balaban J connectivity index is 3.71. The summed E-state index contributed by atoms with van der Waals surface area (Å²) >= 11 is 0. The highest BCUT2D eigenvalue weighted by Crippen LogP contribution is 1.97. The molecule has 0 fully saturated rings. The van der Waals surface area contributed by atoms with Gasteiger partial charge in [-0.15, -0.1) is 0 Å². The maximum Gasteiger partial charge on any atom is 0.0567 e. The topological polar surface area (TPSA) is 75.5 Å². The minimum Gasteiger partial charge on any atom is -0.401 e. The van der Waals surface area contributed by atoms with E-state index in [1.54, 1.807) is 20.2 Å². The lowest BCUT2D eigenvalue weighted by molar-refractivity contribution is 0.194. The van der Waals surface area contributed by atoms with Gasteiger partial charge in [0.2, 0.25) is 0 Å². The molecule has 10 heavy (non-hydrogen) atoms. The van der Waals surface area contributed by atoms with Gasteiger partial charge < -0.3 is 15.8 Å². The second-order valence-corrected chi connectivity index (χ2v) is 2.42.